The molecule has 0 bridgehead atoms. The molecular formula is C13H27N3S. The van der Waals surface area contributed by atoms with Crippen LogP contribution in [0.5, 0.6) is 0 Å². The summed E-state index contributed by atoms with van der Waals surface area (Å²) >= 11 is 1.96. The smallest absolute Gasteiger partial charge is 0.0538 e. The first-order valence-electron chi connectivity index (χ1n) is 6.68. The highest BCUT2D eigenvalue weighted by Crippen LogP contribution is 2.28. The van der Waals surface area contributed by atoms with Crippen LogP contribution in [-0.4, -0.2) is 64.3 Å². The van der Waals surface area contributed by atoms with Gasteiger partial charge in [0.2, 0.25) is 0 Å². The van der Waals surface area contributed by atoms with Crippen LogP contribution in [0.1, 0.15) is 34.1 Å². The molecule has 2 unspecified atom stereocenters. The lowest BCUT2D eigenvalue weighted by molar-refractivity contribution is 0.00552. The first kappa shape index (κ1) is 13.7. The molecule has 2 aliphatic rings. The zero-order chi connectivity index (χ0) is 12.6. The van der Waals surface area contributed by atoms with E-state index < -0.39 is 0 Å². The van der Waals surface area contributed by atoms with Gasteiger partial charge >= 0.3 is 0 Å². The zero-order valence-corrected chi connectivity index (χ0v) is 12.8. The van der Waals surface area contributed by atoms with E-state index in [9.17, 15) is 0 Å². The minimum atomic E-state index is 0.309. The molecule has 0 aliphatic carbocycles. The Morgan fingerprint density at radius 2 is 1.94 bits per heavy atom. The summed E-state index contributed by atoms with van der Waals surface area (Å²) in [5.74, 6) is 0. The number of rotatable bonds is 2. The topological polar surface area (TPSA) is 9.72 Å². The van der Waals surface area contributed by atoms with Gasteiger partial charge in [-0.3, -0.25) is 14.7 Å². The summed E-state index contributed by atoms with van der Waals surface area (Å²) in [6.45, 7) is 14.1. The number of hydrogen-bond donors (Lipinski definition) is 0. The highest BCUT2D eigenvalue weighted by molar-refractivity contribution is 7.99. The van der Waals surface area contributed by atoms with Crippen molar-refractivity contribution in [3.63, 3.8) is 0 Å². The fourth-order valence-corrected chi connectivity index (χ4v) is 3.23. The monoisotopic (exact) mass is 257 g/mol. The van der Waals surface area contributed by atoms with E-state index in [4.69, 9.17) is 0 Å². The molecule has 0 spiro atoms. The molecule has 2 fully saturated rings. The summed E-state index contributed by atoms with van der Waals surface area (Å²) in [6.07, 6.45) is 3.54. The maximum absolute atomic E-state index is 2.65. The zero-order valence-electron chi connectivity index (χ0n) is 11.9. The largest absolute Gasteiger partial charge is 0.285 e. The minimum Gasteiger partial charge on any atom is -0.285 e. The molecule has 0 radical (unpaired) electrons. The van der Waals surface area contributed by atoms with Crippen molar-refractivity contribution >= 4 is 11.8 Å². The van der Waals surface area contributed by atoms with E-state index in [1.54, 1.807) is 0 Å². The fourth-order valence-electron chi connectivity index (χ4n) is 2.78. The van der Waals surface area contributed by atoms with Crippen molar-refractivity contribution in [3.05, 3.63) is 0 Å². The van der Waals surface area contributed by atoms with Gasteiger partial charge in [0, 0.05) is 24.7 Å². The first-order chi connectivity index (χ1) is 7.91. The van der Waals surface area contributed by atoms with Gasteiger partial charge in [0.15, 0.2) is 0 Å². The summed E-state index contributed by atoms with van der Waals surface area (Å²) in [5.41, 5.74) is 0.309. The Kier molecular flexibility index (Phi) is 4.08. The van der Waals surface area contributed by atoms with Crippen molar-refractivity contribution in [3.8, 4) is 0 Å². The van der Waals surface area contributed by atoms with E-state index in [0.29, 0.717) is 10.9 Å². The van der Waals surface area contributed by atoms with E-state index in [0.717, 1.165) is 19.4 Å². The Labute approximate surface area is 111 Å². The van der Waals surface area contributed by atoms with E-state index in [2.05, 4.69) is 48.7 Å². The molecule has 17 heavy (non-hydrogen) atoms. The molecular weight excluding hydrogens is 230 g/mol. The van der Waals surface area contributed by atoms with Crippen LogP contribution in [-0.2, 0) is 0 Å². The fraction of sp³-hybridized carbons (Fsp3) is 1.00. The number of hydrogen-bond acceptors (Lipinski definition) is 4. The van der Waals surface area contributed by atoms with Gasteiger partial charge in [-0.25, -0.2) is 0 Å². The molecule has 0 aromatic heterocycles. The molecule has 2 aliphatic heterocycles. The van der Waals surface area contributed by atoms with Gasteiger partial charge in [0.1, 0.15) is 0 Å². The summed E-state index contributed by atoms with van der Waals surface area (Å²) in [6, 6.07) is 0.795. The Bertz CT molecular complexity index is 264. The second kappa shape index (κ2) is 5.08. The number of nitrogens with zero attached hydrogens (tertiary/aromatic N) is 3. The Morgan fingerprint density at radius 1 is 1.24 bits per heavy atom. The molecule has 0 N–H and O–H groups in total. The Balaban J connectivity index is 1.94. The van der Waals surface area contributed by atoms with Gasteiger partial charge in [-0.1, -0.05) is 0 Å². The van der Waals surface area contributed by atoms with Crippen LogP contribution in [0, 0.1) is 0 Å². The molecule has 2 saturated heterocycles. The highest BCUT2D eigenvalue weighted by atomic mass is 32.2. The maximum Gasteiger partial charge on any atom is 0.0538 e. The second-order valence-electron chi connectivity index (χ2n) is 6.35. The normalized spacial score (nSPS) is 30.5. The molecule has 2 rings (SSSR count). The third kappa shape index (κ3) is 2.98. The molecule has 0 aromatic rings. The molecule has 4 heteroatoms. The van der Waals surface area contributed by atoms with Gasteiger partial charge in [0.25, 0.3) is 0 Å². The van der Waals surface area contributed by atoms with Crippen molar-refractivity contribution < 1.29 is 0 Å². The van der Waals surface area contributed by atoms with E-state index in [1.165, 1.54) is 19.5 Å². The molecule has 100 valence electrons. The van der Waals surface area contributed by atoms with Crippen molar-refractivity contribution in [2.45, 2.75) is 51.1 Å². The van der Waals surface area contributed by atoms with Gasteiger partial charge < -0.3 is 0 Å². The Morgan fingerprint density at radius 3 is 2.53 bits per heavy atom. The van der Waals surface area contributed by atoms with Crippen LogP contribution in [0.4, 0.5) is 0 Å². The van der Waals surface area contributed by atoms with Gasteiger partial charge in [0.05, 0.1) is 18.7 Å². The van der Waals surface area contributed by atoms with Crippen molar-refractivity contribution in [2.75, 3.05) is 32.7 Å². The minimum absolute atomic E-state index is 0.309. The molecule has 0 saturated carbocycles. The molecule has 2 atom stereocenters. The van der Waals surface area contributed by atoms with Crippen LogP contribution in [0.3, 0.4) is 0 Å². The average Bonchev–Trinajstić information content (AvgIpc) is 2.69. The van der Waals surface area contributed by atoms with Crippen LogP contribution < -0.4 is 0 Å². The standard InChI is InChI=1S/C13H27N3S/c1-11(17-5)14-8-12-6-7-16(13(2,3)4)10-15(12)9-14/h11-12H,6-10H2,1-5H3. The quantitative estimate of drug-likeness (QED) is 0.749. The Hall–Kier alpha value is 0.230. The van der Waals surface area contributed by atoms with Crippen molar-refractivity contribution in [2.24, 2.45) is 0 Å². The third-order valence-electron chi connectivity index (χ3n) is 4.21. The summed E-state index contributed by atoms with van der Waals surface area (Å²) in [5, 5.41) is 0.656. The van der Waals surface area contributed by atoms with Crippen molar-refractivity contribution in [1.29, 1.82) is 0 Å². The summed E-state index contributed by atoms with van der Waals surface area (Å²) in [7, 11) is 0. The lowest BCUT2D eigenvalue weighted by atomic mass is 10.0. The van der Waals surface area contributed by atoms with Crippen LogP contribution >= 0.6 is 11.8 Å². The highest BCUT2D eigenvalue weighted by Gasteiger charge is 2.38. The van der Waals surface area contributed by atoms with E-state index in [1.807, 2.05) is 11.8 Å². The van der Waals surface area contributed by atoms with Gasteiger partial charge in [-0.2, -0.15) is 0 Å². The van der Waals surface area contributed by atoms with Gasteiger partial charge in [-0.15, -0.1) is 11.8 Å². The lowest BCUT2D eigenvalue weighted by Crippen LogP contribution is -2.54. The molecule has 2 heterocycles. The number of fused-ring (bicyclic) bond motifs is 1. The molecule has 3 nitrogen and oxygen atoms in total. The summed E-state index contributed by atoms with van der Waals surface area (Å²) < 4.78 is 0. The SMILES string of the molecule is CSC(C)N1CC2CCN(C(C)(C)C)CN2C1. The van der Waals surface area contributed by atoms with Gasteiger partial charge in [-0.05, 0) is 40.4 Å². The van der Waals surface area contributed by atoms with Crippen LogP contribution in [0.25, 0.3) is 0 Å². The first-order valence-corrected chi connectivity index (χ1v) is 7.96. The van der Waals surface area contributed by atoms with E-state index >= 15 is 0 Å². The molecule has 0 aromatic carbocycles. The van der Waals surface area contributed by atoms with Crippen LogP contribution in [0.15, 0.2) is 0 Å². The molecule has 0 amide bonds. The number of thioether (sulfide) groups is 1. The maximum atomic E-state index is 2.65. The van der Waals surface area contributed by atoms with E-state index in [-0.39, 0.29) is 0 Å². The third-order valence-corrected chi connectivity index (χ3v) is 5.19. The van der Waals surface area contributed by atoms with Crippen molar-refractivity contribution in [1.82, 2.24) is 14.7 Å². The lowest BCUT2D eigenvalue weighted by Gasteiger charge is -2.44. The predicted molar refractivity (Wildman–Crippen MR) is 76.1 cm³/mol. The summed E-state index contributed by atoms with van der Waals surface area (Å²) in [4.78, 5) is 7.87. The predicted octanol–water partition coefficient (Wildman–Crippen LogP) is 2.10. The second-order valence-corrected chi connectivity index (χ2v) is 7.51. The van der Waals surface area contributed by atoms with Crippen LogP contribution in [0.2, 0.25) is 0 Å². The average molecular weight is 257 g/mol.